The number of hydrogen-bond donors (Lipinski definition) is 0. The highest BCUT2D eigenvalue weighted by molar-refractivity contribution is 7.15. The van der Waals surface area contributed by atoms with Crippen molar-refractivity contribution >= 4 is 44.3 Å². The molecule has 0 radical (unpaired) electrons. The molecule has 0 unspecified atom stereocenters. The van der Waals surface area contributed by atoms with Crippen molar-refractivity contribution in [2.24, 2.45) is 0 Å². The molecule has 5 heteroatoms. The minimum atomic E-state index is -0.00403. The lowest BCUT2D eigenvalue weighted by molar-refractivity contribution is 0.836. The largest absolute Gasteiger partial charge is 0.342 e. The van der Waals surface area contributed by atoms with Crippen LogP contribution in [-0.2, 0) is 6.54 Å². The molecule has 0 spiro atoms. The molecular formula is C27H21N3OS. The van der Waals surface area contributed by atoms with Crippen LogP contribution in [0, 0.1) is 13.8 Å². The summed E-state index contributed by atoms with van der Waals surface area (Å²) in [4.78, 5) is 18.9. The van der Waals surface area contributed by atoms with Crippen LogP contribution < -0.4 is 10.1 Å². The van der Waals surface area contributed by atoms with Gasteiger partial charge in [-0.25, -0.2) is 9.38 Å². The molecular weight excluding hydrogens is 414 g/mol. The molecule has 0 saturated heterocycles. The molecule has 6 rings (SSSR count). The number of thiazole rings is 1. The first kappa shape index (κ1) is 19.0. The molecule has 3 aromatic heterocycles. The number of aromatic nitrogens is 3. The summed E-state index contributed by atoms with van der Waals surface area (Å²) >= 11 is 1.46. The Bertz CT molecular complexity index is 1740. The van der Waals surface area contributed by atoms with Crippen LogP contribution in [0.2, 0.25) is 0 Å². The predicted molar refractivity (Wildman–Crippen MR) is 133 cm³/mol. The van der Waals surface area contributed by atoms with Gasteiger partial charge in [0.1, 0.15) is 0 Å². The average Bonchev–Trinajstić information content (AvgIpc) is 3.44. The van der Waals surface area contributed by atoms with Crippen molar-refractivity contribution in [1.29, 1.82) is 0 Å². The molecule has 3 aromatic carbocycles. The summed E-state index contributed by atoms with van der Waals surface area (Å²) in [6.45, 7) is 4.93. The van der Waals surface area contributed by atoms with Crippen molar-refractivity contribution in [3.63, 3.8) is 0 Å². The van der Waals surface area contributed by atoms with Crippen molar-refractivity contribution in [2.75, 3.05) is 0 Å². The van der Waals surface area contributed by atoms with Crippen LogP contribution in [-0.4, -0.2) is 14.0 Å². The summed E-state index contributed by atoms with van der Waals surface area (Å²) < 4.78 is 4.71. The zero-order valence-corrected chi connectivity index (χ0v) is 18.7. The lowest BCUT2D eigenvalue weighted by Crippen LogP contribution is -2.22. The van der Waals surface area contributed by atoms with Crippen LogP contribution in [0.4, 0.5) is 0 Å². The molecule has 3 heterocycles. The maximum atomic E-state index is 13.3. The van der Waals surface area contributed by atoms with Gasteiger partial charge >= 0.3 is 0 Å². The van der Waals surface area contributed by atoms with E-state index in [-0.39, 0.29) is 5.56 Å². The third-order valence-corrected chi connectivity index (χ3v) is 7.21. The van der Waals surface area contributed by atoms with Gasteiger partial charge in [-0.1, -0.05) is 65.9 Å². The van der Waals surface area contributed by atoms with Gasteiger partial charge < -0.3 is 4.57 Å². The van der Waals surface area contributed by atoms with Gasteiger partial charge in [-0.15, -0.1) is 0 Å². The molecule has 0 aliphatic heterocycles. The molecule has 0 aliphatic carbocycles. The highest BCUT2D eigenvalue weighted by atomic mass is 32.1. The van der Waals surface area contributed by atoms with Gasteiger partial charge in [0.15, 0.2) is 4.96 Å². The second kappa shape index (κ2) is 7.18. The number of aryl methyl sites for hydroxylation is 2. The Morgan fingerprint density at radius 2 is 1.72 bits per heavy atom. The topological polar surface area (TPSA) is 39.3 Å². The predicted octanol–water partition coefficient (Wildman–Crippen LogP) is 5.08. The second-order valence-electron chi connectivity index (χ2n) is 8.24. The van der Waals surface area contributed by atoms with E-state index in [2.05, 4.69) is 73.1 Å². The van der Waals surface area contributed by atoms with Crippen LogP contribution >= 0.6 is 11.3 Å². The summed E-state index contributed by atoms with van der Waals surface area (Å²) in [6.07, 6.45) is 4.16. The van der Waals surface area contributed by atoms with Crippen LogP contribution in [0.15, 0.2) is 77.7 Å². The highest BCUT2D eigenvalue weighted by Crippen LogP contribution is 2.25. The zero-order chi connectivity index (χ0) is 21.8. The first-order chi connectivity index (χ1) is 15.6. The van der Waals surface area contributed by atoms with Crippen molar-refractivity contribution < 1.29 is 0 Å². The minimum Gasteiger partial charge on any atom is -0.342 e. The van der Waals surface area contributed by atoms with Gasteiger partial charge in [-0.05, 0) is 48.7 Å². The monoisotopic (exact) mass is 435 g/mol. The van der Waals surface area contributed by atoms with Crippen LogP contribution in [0.3, 0.4) is 0 Å². The Morgan fingerprint density at radius 1 is 0.938 bits per heavy atom. The van der Waals surface area contributed by atoms with Crippen LogP contribution in [0.1, 0.15) is 22.3 Å². The van der Waals surface area contributed by atoms with E-state index in [0.29, 0.717) is 4.53 Å². The molecule has 32 heavy (non-hydrogen) atoms. The molecule has 4 nitrogen and oxygen atoms in total. The lowest BCUT2D eigenvalue weighted by Gasteiger charge is -2.05. The SMILES string of the molecule is Cc1ccc2c(nc3s/c(=C/c4cn(Cc5ccccc5)c5ccccc45)c(=O)n32)c1C. The fourth-order valence-corrected chi connectivity index (χ4v) is 5.38. The summed E-state index contributed by atoms with van der Waals surface area (Å²) in [7, 11) is 0. The smallest absolute Gasteiger partial charge is 0.274 e. The average molecular weight is 436 g/mol. The molecule has 0 amide bonds. The molecule has 0 fully saturated rings. The minimum absolute atomic E-state index is 0.00403. The Hall–Kier alpha value is -3.70. The fourth-order valence-electron chi connectivity index (χ4n) is 4.41. The maximum Gasteiger partial charge on any atom is 0.274 e. The molecule has 0 N–H and O–H groups in total. The number of imidazole rings is 1. The maximum absolute atomic E-state index is 13.3. The third-order valence-electron chi connectivity index (χ3n) is 6.24. The van der Waals surface area contributed by atoms with E-state index < -0.39 is 0 Å². The van der Waals surface area contributed by atoms with Crippen LogP contribution in [0.25, 0.3) is 33.0 Å². The number of rotatable bonds is 3. The van der Waals surface area contributed by atoms with Gasteiger partial charge in [0.05, 0.1) is 15.6 Å². The molecule has 0 saturated carbocycles. The van der Waals surface area contributed by atoms with Crippen molar-refractivity contribution in [2.45, 2.75) is 20.4 Å². The fraction of sp³-hybridized carbons (Fsp3) is 0.111. The van der Waals surface area contributed by atoms with Gasteiger partial charge in [0.25, 0.3) is 5.56 Å². The van der Waals surface area contributed by atoms with Gasteiger partial charge in [0.2, 0.25) is 0 Å². The van der Waals surface area contributed by atoms with E-state index >= 15 is 0 Å². The van der Waals surface area contributed by atoms with Gasteiger partial charge in [0, 0.05) is 29.2 Å². The van der Waals surface area contributed by atoms with Crippen molar-refractivity contribution in [1.82, 2.24) is 14.0 Å². The number of nitrogens with zero attached hydrogens (tertiary/aromatic N) is 3. The third kappa shape index (κ3) is 2.89. The summed E-state index contributed by atoms with van der Waals surface area (Å²) in [5, 5.41) is 1.14. The number of benzene rings is 3. The van der Waals surface area contributed by atoms with E-state index in [4.69, 9.17) is 4.98 Å². The van der Waals surface area contributed by atoms with Crippen LogP contribution in [0.5, 0.6) is 0 Å². The summed E-state index contributed by atoms with van der Waals surface area (Å²) in [6, 6.07) is 22.8. The number of fused-ring (bicyclic) bond motifs is 4. The Labute approximate surface area is 188 Å². The summed E-state index contributed by atoms with van der Waals surface area (Å²) in [5.41, 5.74) is 7.57. The van der Waals surface area contributed by atoms with E-state index in [0.717, 1.165) is 44.6 Å². The Balaban J connectivity index is 1.54. The molecule has 6 aromatic rings. The number of hydrogen-bond acceptors (Lipinski definition) is 3. The molecule has 0 bridgehead atoms. The van der Waals surface area contributed by atoms with Crippen molar-refractivity contribution in [3.05, 3.63) is 110 Å². The van der Waals surface area contributed by atoms with E-state index in [1.807, 2.05) is 24.3 Å². The Morgan fingerprint density at radius 3 is 2.56 bits per heavy atom. The molecule has 156 valence electrons. The molecule has 0 aliphatic rings. The van der Waals surface area contributed by atoms with E-state index in [1.54, 1.807) is 4.40 Å². The molecule has 0 atom stereocenters. The second-order valence-corrected chi connectivity index (χ2v) is 9.24. The zero-order valence-electron chi connectivity index (χ0n) is 17.9. The van der Waals surface area contributed by atoms with Gasteiger partial charge in [-0.2, -0.15) is 0 Å². The van der Waals surface area contributed by atoms with Gasteiger partial charge in [-0.3, -0.25) is 4.79 Å². The number of para-hydroxylation sites is 1. The quantitative estimate of drug-likeness (QED) is 0.389. The normalized spacial score (nSPS) is 12.5. The first-order valence-electron chi connectivity index (χ1n) is 10.6. The van der Waals surface area contributed by atoms with E-state index in [9.17, 15) is 4.79 Å². The first-order valence-corrected chi connectivity index (χ1v) is 11.5. The Kier molecular flexibility index (Phi) is 4.26. The van der Waals surface area contributed by atoms with E-state index in [1.165, 1.54) is 22.5 Å². The van der Waals surface area contributed by atoms with Crippen molar-refractivity contribution in [3.8, 4) is 0 Å². The summed E-state index contributed by atoms with van der Waals surface area (Å²) in [5.74, 6) is 0. The standard InChI is InChI=1S/C27H21N3OS/c1-17-12-13-23-25(18(17)2)28-27-30(23)26(31)24(32-27)14-20-16-29(15-19-8-4-3-5-9-19)22-11-7-6-10-21(20)22/h3-14,16H,15H2,1-2H3/b24-14+. The highest BCUT2D eigenvalue weighted by Gasteiger charge is 2.14. The lowest BCUT2D eigenvalue weighted by atomic mass is 10.1.